The maximum Gasteiger partial charge on any atom is 0.0316 e. The van der Waals surface area contributed by atoms with Crippen LogP contribution in [0.3, 0.4) is 0 Å². The highest BCUT2D eigenvalue weighted by atomic mass is 79.9. The molecule has 1 aromatic carbocycles. The molecule has 23 heavy (non-hydrogen) atoms. The average molecular weight is 384 g/mol. The molecule has 1 aromatic rings. The van der Waals surface area contributed by atoms with Gasteiger partial charge in [0.15, 0.2) is 0 Å². The third kappa shape index (κ3) is 10.9. The number of nitrogens with zero attached hydrogens (tertiary/aromatic N) is 1. The molecule has 0 heterocycles. The molecule has 1 unspecified atom stereocenters. The fourth-order valence-electron chi connectivity index (χ4n) is 3.03. The molecule has 0 N–H and O–H groups in total. The average Bonchev–Trinajstić information content (AvgIpc) is 2.56. The highest BCUT2D eigenvalue weighted by Gasteiger charge is 2.10. The number of benzene rings is 1. The molecule has 1 rings (SSSR count). The lowest BCUT2D eigenvalue weighted by Gasteiger charge is -2.25. The summed E-state index contributed by atoms with van der Waals surface area (Å²) in [7, 11) is 2.26. The van der Waals surface area contributed by atoms with Gasteiger partial charge in [0.1, 0.15) is 0 Å². The standard InChI is InChI=1S/C21H37N.BrH/c1-4-5-6-7-8-9-10-11-12-16-19-22(3)20(2)21-17-14-13-15-18-21;/h13-15,17-18,20H,4-12,16,19H2,1-3H3;1H. The Balaban J connectivity index is 0.00000484. The Labute approximate surface area is 155 Å². The first-order valence-corrected chi connectivity index (χ1v) is 9.51. The first kappa shape index (κ1) is 22.7. The second-order valence-corrected chi connectivity index (χ2v) is 6.75. The first-order valence-electron chi connectivity index (χ1n) is 9.51. The van der Waals surface area contributed by atoms with Crippen molar-refractivity contribution in [3.63, 3.8) is 0 Å². The zero-order valence-corrected chi connectivity index (χ0v) is 17.3. The van der Waals surface area contributed by atoms with E-state index in [0.717, 1.165) is 0 Å². The van der Waals surface area contributed by atoms with Crippen LogP contribution >= 0.6 is 17.0 Å². The van der Waals surface area contributed by atoms with E-state index in [1.807, 2.05) is 0 Å². The highest BCUT2D eigenvalue weighted by Crippen LogP contribution is 2.19. The van der Waals surface area contributed by atoms with Crippen molar-refractivity contribution in [1.82, 2.24) is 4.90 Å². The maximum absolute atomic E-state index is 2.49. The van der Waals surface area contributed by atoms with Crippen molar-refractivity contribution in [1.29, 1.82) is 0 Å². The van der Waals surface area contributed by atoms with Crippen molar-refractivity contribution in [2.75, 3.05) is 13.6 Å². The van der Waals surface area contributed by atoms with Gasteiger partial charge in [0.25, 0.3) is 0 Å². The van der Waals surface area contributed by atoms with E-state index in [1.165, 1.54) is 76.3 Å². The minimum absolute atomic E-state index is 0. The van der Waals surface area contributed by atoms with Gasteiger partial charge in [-0.1, -0.05) is 95.0 Å². The van der Waals surface area contributed by atoms with E-state index in [1.54, 1.807) is 0 Å². The molecule has 2 heteroatoms. The molecule has 0 aliphatic heterocycles. The second kappa shape index (κ2) is 15.2. The van der Waals surface area contributed by atoms with Crippen LogP contribution < -0.4 is 0 Å². The topological polar surface area (TPSA) is 3.24 Å². The Morgan fingerprint density at radius 3 is 1.78 bits per heavy atom. The molecule has 0 aromatic heterocycles. The predicted molar refractivity (Wildman–Crippen MR) is 110 cm³/mol. The van der Waals surface area contributed by atoms with Gasteiger partial charge in [0.2, 0.25) is 0 Å². The third-order valence-corrected chi connectivity index (χ3v) is 4.81. The highest BCUT2D eigenvalue weighted by molar-refractivity contribution is 8.93. The minimum Gasteiger partial charge on any atom is -0.300 e. The quantitative estimate of drug-likeness (QED) is 0.326. The molecular formula is C21H38BrN. The number of hydrogen-bond acceptors (Lipinski definition) is 1. The van der Waals surface area contributed by atoms with Crippen molar-refractivity contribution >= 4 is 17.0 Å². The lowest BCUT2D eigenvalue weighted by atomic mass is 10.1. The minimum atomic E-state index is 0. The zero-order chi connectivity index (χ0) is 16.0. The fraction of sp³-hybridized carbons (Fsp3) is 0.714. The van der Waals surface area contributed by atoms with Gasteiger partial charge < -0.3 is 0 Å². The van der Waals surface area contributed by atoms with E-state index in [4.69, 9.17) is 0 Å². The summed E-state index contributed by atoms with van der Waals surface area (Å²) in [4.78, 5) is 2.49. The Hall–Kier alpha value is -0.340. The van der Waals surface area contributed by atoms with E-state index >= 15 is 0 Å². The molecule has 0 aliphatic rings. The largest absolute Gasteiger partial charge is 0.300 e. The van der Waals surface area contributed by atoms with Gasteiger partial charge >= 0.3 is 0 Å². The SMILES string of the molecule is Br.CCCCCCCCCCCCN(C)C(C)c1ccccc1. The van der Waals surface area contributed by atoms with Gasteiger partial charge in [-0.3, -0.25) is 4.90 Å². The zero-order valence-electron chi connectivity index (χ0n) is 15.6. The van der Waals surface area contributed by atoms with Crippen LogP contribution in [-0.2, 0) is 0 Å². The summed E-state index contributed by atoms with van der Waals surface area (Å²) >= 11 is 0. The summed E-state index contributed by atoms with van der Waals surface area (Å²) in [5, 5.41) is 0. The Morgan fingerprint density at radius 1 is 0.783 bits per heavy atom. The van der Waals surface area contributed by atoms with Gasteiger partial charge in [-0.05, 0) is 32.5 Å². The number of halogens is 1. The van der Waals surface area contributed by atoms with E-state index in [9.17, 15) is 0 Å². The van der Waals surface area contributed by atoms with E-state index in [2.05, 4.69) is 56.1 Å². The van der Waals surface area contributed by atoms with Crippen molar-refractivity contribution in [2.24, 2.45) is 0 Å². The number of hydrogen-bond donors (Lipinski definition) is 0. The summed E-state index contributed by atoms with van der Waals surface area (Å²) in [6, 6.07) is 11.4. The summed E-state index contributed by atoms with van der Waals surface area (Å²) in [5.41, 5.74) is 1.43. The fourth-order valence-corrected chi connectivity index (χ4v) is 3.03. The van der Waals surface area contributed by atoms with E-state index < -0.39 is 0 Å². The van der Waals surface area contributed by atoms with Crippen molar-refractivity contribution in [3.8, 4) is 0 Å². The Bertz CT molecular complexity index is 352. The molecular weight excluding hydrogens is 346 g/mol. The molecule has 0 bridgehead atoms. The molecule has 0 saturated carbocycles. The molecule has 1 nitrogen and oxygen atoms in total. The van der Waals surface area contributed by atoms with Crippen LogP contribution in [0.5, 0.6) is 0 Å². The van der Waals surface area contributed by atoms with Crippen LogP contribution in [0.25, 0.3) is 0 Å². The summed E-state index contributed by atoms with van der Waals surface area (Å²) in [6.45, 7) is 5.81. The van der Waals surface area contributed by atoms with Gasteiger partial charge in [-0.15, -0.1) is 17.0 Å². The molecule has 1 atom stereocenters. The lowest BCUT2D eigenvalue weighted by molar-refractivity contribution is 0.255. The Kier molecular flexibility index (Phi) is 15.0. The lowest BCUT2D eigenvalue weighted by Crippen LogP contribution is -2.23. The number of unbranched alkanes of at least 4 members (excludes halogenated alkanes) is 9. The van der Waals surface area contributed by atoms with E-state index in [0.29, 0.717) is 6.04 Å². The molecule has 0 aliphatic carbocycles. The summed E-state index contributed by atoms with van der Waals surface area (Å²) in [6.07, 6.45) is 14.1. The van der Waals surface area contributed by atoms with Crippen molar-refractivity contribution in [3.05, 3.63) is 35.9 Å². The van der Waals surface area contributed by atoms with Crippen LogP contribution in [0.2, 0.25) is 0 Å². The van der Waals surface area contributed by atoms with Crippen molar-refractivity contribution < 1.29 is 0 Å². The third-order valence-electron chi connectivity index (χ3n) is 4.81. The van der Waals surface area contributed by atoms with Gasteiger partial charge in [0, 0.05) is 6.04 Å². The molecule has 0 radical (unpaired) electrons. The number of rotatable bonds is 13. The van der Waals surface area contributed by atoms with Crippen molar-refractivity contribution in [2.45, 2.75) is 84.1 Å². The predicted octanol–water partition coefficient (Wildman–Crippen LogP) is 7.18. The maximum atomic E-state index is 2.49. The van der Waals surface area contributed by atoms with Gasteiger partial charge in [-0.2, -0.15) is 0 Å². The molecule has 0 saturated heterocycles. The van der Waals surface area contributed by atoms with E-state index in [-0.39, 0.29) is 17.0 Å². The van der Waals surface area contributed by atoms with Crippen LogP contribution in [-0.4, -0.2) is 18.5 Å². The molecule has 0 fully saturated rings. The summed E-state index contributed by atoms with van der Waals surface area (Å²) < 4.78 is 0. The van der Waals surface area contributed by atoms with Crippen LogP contribution in [0.1, 0.15) is 89.7 Å². The second-order valence-electron chi connectivity index (χ2n) is 6.75. The monoisotopic (exact) mass is 383 g/mol. The van der Waals surface area contributed by atoms with Crippen LogP contribution in [0.4, 0.5) is 0 Å². The smallest absolute Gasteiger partial charge is 0.0316 e. The normalized spacial score (nSPS) is 12.2. The Morgan fingerprint density at radius 2 is 1.26 bits per heavy atom. The van der Waals surface area contributed by atoms with Crippen LogP contribution in [0.15, 0.2) is 30.3 Å². The molecule has 134 valence electrons. The first-order chi connectivity index (χ1) is 10.8. The molecule has 0 spiro atoms. The van der Waals surface area contributed by atoms with Gasteiger partial charge in [0.05, 0.1) is 0 Å². The molecule has 0 amide bonds. The summed E-state index contributed by atoms with van der Waals surface area (Å²) in [5.74, 6) is 0. The van der Waals surface area contributed by atoms with Gasteiger partial charge in [-0.25, -0.2) is 0 Å². The van der Waals surface area contributed by atoms with Crippen LogP contribution in [0, 0.1) is 0 Å².